The van der Waals surface area contributed by atoms with E-state index < -0.39 is 18.0 Å². The number of ether oxygens (including phenoxy) is 1. The van der Waals surface area contributed by atoms with Crippen molar-refractivity contribution in [3.05, 3.63) is 133 Å². The van der Waals surface area contributed by atoms with Crippen LogP contribution in [0.1, 0.15) is 48.8 Å². The van der Waals surface area contributed by atoms with Crippen molar-refractivity contribution in [2.45, 2.75) is 63.5 Å². The molecule has 0 aromatic heterocycles. The van der Waals surface area contributed by atoms with Gasteiger partial charge in [0.05, 0.1) is 30.5 Å². The number of unbranched alkanes of at least 4 members (excludes halogenated alkanes) is 1. The average Bonchev–Trinajstić information content (AvgIpc) is 3.07. The van der Waals surface area contributed by atoms with Crippen LogP contribution in [0.5, 0.6) is 0 Å². The summed E-state index contributed by atoms with van der Waals surface area (Å²) in [7, 11) is 0. The van der Waals surface area contributed by atoms with Gasteiger partial charge >= 0.3 is 5.97 Å². The fourth-order valence-corrected chi connectivity index (χ4v) is 5.43. The summed E-state index contributed by atoms with van der Waals surface area (Å²) in [6, 6.07) is 28.2. The van der Waals surface area contributed by atoms with E-state index in [1.807, 2.05) is 97.1 Å². The number of carbonyl (C=O) groups excluding carboxylic acids is 3. The molecule has 3 aromatic rings. The summed E-state index contributed by atoms with van der Waals surface area (Å²) in [5.41, 5.74) is 3.04. The molecule has 3 aromatic carbocycles. The molecule has 0 heterocycles. The number of hydrogen-bond acceptors (Lipinski definition) is 5. The Bertz CT molecular complexity index is 1350. The zero-order valence-corrected chi connectivity index (χ0v) is 26.7. The molecule has 0 saturated carbocycles. The highest BCUT2D eigenvalue weighted by Crippen LogP contribution is 2.19. The third-order valence-corrected chi connectivity index (χ3v) is 7.88. The molecule has 7 nitrogen and oxygen atoms in total. The number of aliphatic hydroxyl groups is 1. The van der Waals surface area contributed by atoms with Crippen molar-refractivity contribution in [1.29, 1.82) is 0 Å². The Morgan fingerprint density at radius 2 is 1.26 bits per heavy atom. The van der Waals surface area contributed by atoms with Gasteiger partial charge in [0.2, 0.25) is 11.8 Å². The fourth-order valence-electron chi connectivity index (χ4n) is 5.43. The third kappa shape index (κ3) is 13.2. The summed E-state index contributed by atoms with van der Waals surface area (Å²) < 4.78 is 5.88. The van der Waals surface area contributed by atoms with Crippen LogP contribution in [-0.2, 0) is 38.4 Å². The van der Waals surface area contributed by atoms with E-state index in [0.717, 1.165) is 29.5 Å². The van der Waals surface area contributed by atoms with Crippen LogP contribution in [0, 0.1) is 11.8 Å². The van der Waals surface area contributed by atoms with Crippen LogP contribution in [-0.4, -0.2) is 48.2 Å². The van der Waals surface area contributed by atoms with Gasteiger partial charge in [-0.2, -0.15) is 0 Å². The van der Waals surface area contributed by atoms with Gasteiger partial charge in [0, 0.05) is 6.42 Å². The molecule has 3 N–H and O–H groups in total. The lowest BCUT2D eigenvalue weighted by Gasteiger charge is -2.24. The molecule has 0 saturated heterocycles. The lowest BCUT2D eigenvalue weighted by Crippen LogP contribution is -2.45. The van der Waals surface area contributed by atoms with E-state index in [2.05, 4.69) is 23.8 Å². The van der Waals surface area contributed by atoms with Crippen LogP contribution in [0.4, 0.5) is 0 Å². The monoisotopic (exact) mass is 624 g/mol. The Hall–Kier alpha value is -4.49. The summed E-state index contributed by atoms with van der Waals surface area (Å²) in [4.78, 5) is 40.0. The number of nitrogens with one attached hydrogen (secondary N) is 2. The highest BCUT2D eigenvalue weighted by molar-refractivity contribution is 5.86. The zero-order valence-electron chi connectivity index (χ0n) is 26.7. The van der Waals surface area contributed by atoms with E-state index in [9.17, 15) is 19.5 Å². The molecule has 4 atom stereocenters. The number of rotatable bonds is 21. The van der Waals surface area contributed by atoms with Crippen LogP contribution in [0.3, 0.4) is 0 Å². The quantitative estimate of drug-likeness (QED) is 0.0793. The van der Waals surface area contributed by atoms with Crippen molar-refractivity contribution in [2.24, 2.45) is 11.8 Å². The van der Waals surface area contributed by atoms with E-state index in [-0.39, 0.29) is 43.3 Å². The summed E-state index contributed by atoms with van der Waals surface area (Å²) in [6.07, 6.45) is 7.51. The van der Waals surface area contributed by atoms with Gasteiger partial charge in [-0.1, -0.05) is 103 Å². The Morgan fingerprint density at radius 1 is 0.717 bits per heavy atom. The molecule has 7 heteroatoms. The number of hydrogen-bond donors (Lipinski definition) is 3. The molecule has 0 aliphatic carbocycles. The van der Waals surface area contributed by atoms with Crippen molar-refractivity contribution in [2.75, 3.05) is 13.2 Å². The topological polar surface area (TPSA) is 105 Å². The van der Waals surface area contributed by atoms with E-state index in [1.165, 1.54) is 0 Å². The van der Waals surface area contributed by atoms with E-state index in [1.54, 1.807) is 6.08 Å². The molecule has 0 aliphatic rings. The maximum Gasteiger partial charge on any atom is 0.309 e. The van der Waals surface area contributed by atoms with Crippen LogP contribution < -0.4 is 10.6 Å². The summed E-state index contributed by atoms with van der Waals surface area (Å²) >= 11 is 0. The van der Waals surface area contributed by atoms with Crippen molar-refractivity contribution >= 4 is 17.8 Å². The number of carbonyl (C=O) groups is 3. The second kappa shape index (κ2) is 20.5. The minimum atomic E-state index is -0.674. The van der Waals surface area contributed by atoms with Gasteiger partial charge < -0.3 is 20.5 Å². The normalized spacial score (nSPS) is 13.4. The molecule has 0 aliphatic heterocycles. The van der Waals surface area contributed by atoms with Crippen molar-refractivity contribution in [1.82, 2.24) is 10.6 Å². The third-order valence-electron chi connectivity index (χ3n) is 7.88. The number of allylic oxidation sites excluding steroid dienone is 2. The molecule has 0 spiro atoms. The van der Waals surface area contributed by atoms with Gasteiger partial charge in [-0.3, -0.25) is 14.4 Å². The molecule has 3 rings (SSSR count). The van der Waals surface area contributed by atoms with Crippen LogP contribution in [0.2, 0.25) is 0 Å². The standard InChI is InChI=1S/C39H48N2O5/c1-3-5-9-23-34(24-30-17-10-6-11-18-30)39(45)46-29-36(26-32-21-14-8-15-22-32)41-38(44)33(16-4-2)27-37(43)40-35(28-42)25-31-19-12-7-13-20-31/h3-4,6-8,10-15,17-22,33-36,42H,1-2,5,9,16,23-29H2,(H,40,43)(H,41,44)/t33-,34-,35+,36-/m1/s1. The fraction of sp³-hybridized carbons (Fsp3) is 0.359. The molecule has 46 heavy (non-hydrogen) atoms. The SMILES string of the molecule is C=CCCC[C@H](Cc1ccccc1)C(=O)OC[C@@H](Cc1ccccc1)NC(=O)[C@H](CC=C)CC(=O)N[C@H](CO)Cc1ccccc1. The predicted octanol–water partition coefficient (Wildman–Crippen LogP) is 5.77. The first-order valence-electron chi connectivity index (χ1n) is 16.1. The number of benzene rings is 3. The second-order valence-corrected chi connectivity index (χ2v) is 11.7. The lowest BCUT2D eigenvalue weighted by molar-refractivity contribution is -0.150. The van der Waals surface area contributed by atoms with E-state index in [4.69, 9.17) is 4.74 Å². The Balaban J connectivity index is 1.66. The van der Waals surface area contributed by atoms with Gasteiger partial charge in [0.1, 0.15) is 6.61 Å². The zero-order chi connectivity index (χ0) is 33.0. The number of amides is 2. The van der Waals surface area contributed by atoms with Gasteiger partial charge in [0.15, 0.2) is 0 Å². The van der Waals surface area contributed by atoms with Gasteiger partial charge in [-0.05, 0) is 61.6 Å². The molecule has 0 radical (unpaired) electrons. The van der Waals surface area contributed by atoms with E-state index >= 15 is 0 Å². The largest absolute Gasteiger partial charge is 0.463 e. The molecule has 2 amide bonds. The summed E-state index contributed by atoms with van der Waals surface area (Å²) in [5, 5.41) is 15.8. The van der Waals surface area contributed by atoms with Crippen molar-refractivity contribution in [3.8, 4) is 0 Å². The summed E-state index contributed by atoms with van der Waals surface area (Å²) in [5.74, 6) is -1.93. The first-order chi connectivity index (χ1) is 22.4. The van der Waals surface area contributed by atoms with E-state index in [0.29, 0.717) is 32.1 Å². The van der Waals surface area contributed by atoms with Crippen LogP contribution >= 0.6 is 0 Å². The van der Waals surface area contributed by atoms with Gasteiger partial charge in [0.25, 0.3) is 0 Å². The Kier molecular flexibility index (Phi) is 16.1. The van der Waals surface area contributed by atoms with Crippen LogP contribution in [0.15, 0.2) is 116 Å². The van der Waals surface area contributed by atoms with Crippen LogP contribution in [0.25, 0.3) is 0 Å². The minimum Gasteiger partial charge on any atom is -0.463 e. The predicted molar refractivity (Wildman–Crippen MR) is 183 cm³/mol. The average molecular weight is 625 g/mol. The first-order valence-corrected chi connectivity index (χ1v) is 16.1. The Labute approximate surface area is 273 Å². The maximum absolute atomic E-state index is 13.6. The number of esters is 1. The Morgan fingerprint density at radius 3 is 1.78 bits per heavy atom. The molecule has 244 valence electrons. The smallest absolute Gasteiger partial charge is 0.309 e. The van der Waals surface area contributed by atoms with Gasteiger partial charge in [-0.25, -0.2) is 0 Å². The molecule has 0 unspecified atom stereocenters. The van der Waals surface area contributed by atoms with Gasteiger partial charge in [-0.15, -0.1) is 13.2 Å². The van der Waals surface area contributed by atoms with Crippen molar-refractivity contribution < 1.29 is 24.2 Å². The minimum absolute atomic E-state index is 0.00286. The van der Waals surface area contributed by atoms with Crippen molar-refractivity contribution in [3.63, 3.8) is 0 Å². The molecule has 0 fully saturated rings. The maximum atomic E-state index is 13.6. The number of aliphatic hydroxyl groups excluding tert-OH is 1. The summed E-state index contributed by atoms with van der Waals surface area (Å²) in [6.45, 7) is 7.36. The molecular weight excluding hydrogens is 576 g/mol. The molecule has 0 bridgehead atoms. The highest BCUT2D eigenvalue weighted by Gasteiger charge is 2.27. The first kappa shape index (κ1) is 36.0. The second-order valence-electron chi connectivity index (χ2n) is 11.7. The molecular formula is C39H48N2O5. The lowest BCUT2D eigenvalue weighted by atomic mass is 9.94. The highest BCUT2D eigenvalue weighted by atomic mass is 16.5.